The molecule has 40 heavy (non-hydrogen) atoms. The van der Waals surface area contributed by atoms with Crippen LogP contribution in [0.1, 0.15) is 0 Å². The van der Waals surface area contributed by atoms with Gasteiger partial charge in [-0.2, -0.15) is 0 Å². The predicted octanol–water partition coefficient (Wildman–Crippen LogP) is 10.1. The molecule has 0 aliphatic carbocycles. The van der Waals surface area contributed by atoms with E-state index in [1.165, 1.54) is 38.1 Å². The van der Waals surface area contributed by atoms with E-state index in [-0.39, 0.29) is 0 Å². The molecule has 0 spiro atoms. The number of para-hydroxylation sites is 4. The summed E-state index contributed by atoms with van der Waals surface area (Å²) in [5.74, 6) is 0. The third-order valence-electron chi connectivity index (χ3n) is 7.95. The molecule has 0 bridgehead atoms. The van der Waals surface area contributed by atoms with E-state index in [0.717, 1.165) is 28.0 Å². The van der Waals surface area contributed by atoms with Gasteiger partial charge < -0.3 is 9.13 Å². The molecule has 0 atom stereocenters. The van der Waals surface area contributed by atoms with Crippen LogP contribution in [0, 0.1) is 6.57 Å². The molecule has 2 heterocycles. The van der Waals surface area contributed by atoms with Crippen LogP contribution in [0.25, 0.3) is 71.0 Å². The Kier molecular flexibility index (Phi) is 4.89. The Balaban J connectivity index is 1.45. The average molecular weight is 510 g/mol. The van der Waals surface area contributed by atoms with Crippen molar-refractivity contribution in [2.24, 2.45) is 0 Å². The smallest absolute Gasteiger partial charge is 0.187 e. The van der Waals surface area contributed by atoms with Gasteiger partial charge in [0, 0.05) is 32.8 Å². The molecule has 3 heteroatoms. The van der Waals surface area contributed by atoms with E-state index in [9.17, 15) is 0 Å². The molecular weight excluding hydrogens is 486 g/mol. The van der Waals surface area contributed by atoms with Crippen LogP contribution in [0.4, 0.5) is 5.69 Å². The zero-order valence-electron chi connectivity index (χ0n) is 21.6. The molecule has 2 aromatic heterocycles. The topological polar surface area (TPSA) is 14.2 Å². The van der Waals surface area contributed by atoms with Crippen LogP contribution in [0.15, 0.2) is 140 Å². The number of fused-ring (bicyclic) bond motifs is 6. The lowest BCUT2D eigenvalue weighted by atomic mass is 10.0. The fraction of sp³-hybridized carbons (Fsp3) is 0. The van der Waals surface area contributed by atoms with E-state index in [4.69, 9.17) is 6.57 Å². The lowest BCUT2D eigenvalue weighted by Crippen LogP contribution is -1.98. The first-order chi connectivity index (χ1) is 19.8. The van der Waals surface area contributed by atoms with Gasteiger partial charge in [-0.3, -0.25) is 0 Å². The van der Waals surface area contributed by atoms with Gasteiger partial charge in [0.1, 0.15) is 0 Å². The van der Waals surface area contributed by atoms with E-state index < -0.39 is 0 Å². The highest BCUT2D eigenvalue weighted by Gasteiger charge is 2.18. The molecule has 6 aromatic carbocycles. The molecule has 8 aromatic rings. The molecule has 8 rings (SSSR count). The second-order valence-corrected chi connectivity index (χ2v) is 10.1. The first kappa shape index (κ1) is 22.4. The van der Waals surface area contributed by atoms with Crippen LogP contribution in [-0.2, 0) is 0 Å². The summed E-state index contributed by atoms with van der Waals surface area (Å²) in [6, 6.07) is 49.2. The van der Waals surface area contributed by atoms with Gasteiger partial charge >= 0.3 is 0 Å². The molecule has 0 aliphatic heterocycles. The molecule has 0 unspecified atom stereocenters. The molecule has 0 aliphatic rings. The van der Waals surface area contributed by atoms with Gasteiger partial charge in [0.2, 0.25) is 0 Å². The summed E-state index contributed by atoms with van der Waals surface area (Å²) < 4.78 is 4.77. The Morgan fingerprint density at radius 2 is 0.975 bits per heavy atom. The number of hydrogen-bond acceptors (Lipinski definition) is 0. The first-order valence-corrected chi connectivity index (χ1v) is 13.4. The van der Waals surface area contributed by atoms with Crippen LogP contribution in [0.3, 0.4) is 0 Å². The highest BCUT2D eigenvalue weighted by atomic mass is 15.0. The summed E-state index contributed by atoms with van der Waals surface area (Å²) >= 11 is 0. The molecule has 0 amide bonds. The minimum Gasteiger partial charge on any atom is -0.309 e. The zero-order chi connectivity index (χ0) is 26.6. The highest BCUT2D eigenvalue weighted by Crippen LogP contribution is 2.39. The van der Waals surface area contributed by atoms with E-state index in [1.807, 2.05) is 24.3 Å². The SMILES string of the molecule is [C-]#[N+]c1ccc(-c2ccccc2-n2c3ccccc3c3ccc(-n4c5ccccc5c5ccccc54)cc32)cc1. The van der Waals surface area contributed by atoms with Crippen molar-refractivity contribution >= 4 is 49.3 Å². The van der Waals surface area contributed by atoms with Crippen molar-refractivity contribution in [3.05, 3.63) is 151 Å². The fourth-order valence-corrected chi connectivity index (χ4v) is 6.19. The van der Waals surface area contributed by atoms with Crippen molar-refractivity contribution in [2.45, 2.75) is 0 Å². The van der Waals surface area contributed by atoms with Gasteiger partial charge in [0.15, 0.2) is 5.69 Å². The third kappa shape index (κ3) is 3.24. The summed E-state index contributed by atoms with van der Waals surface area (Å²) in [5.41, 5.74) is 9.84. The van der Waals surface area contributed by atoms with Crippen LogP contribution in [0.5, 0.6) is 0 Å². The van der Waals surface area contributed by atoms with Crippen LogP contribution in [-0.4, -0.2) is 9.13 Å². The van der Waals surface area contributed by atoms with Crippen molar-refractivity contribution in [2.75, 3.05) is 0 Å². The summed E-state index contributed by atoms with van der Waals surface area (Å²) in [7, 11) is 0. The summed E-state index contributed by atoms with van der Waals surface area (Å²) in [4.78, 5) is 3.58. The van der Waals surface area contributed by atoms with Crippen molar-refractivity contribution in [3.63, 3.8) is 0 Å². The van der Waals surface area contributed by atoms with Gasteiger partial charge in [-0.25, -0.2) is 4.85 Å². The number of benzene rings is 6. The van der Waals surface area contributed by atoms with E-state index >= 15 is 0 Å². The van der Waals surface area contributed by atoms with E-state index in [2.05, 4.69) is 129 Å². The largest absolute Gasteiger partial charge is 0.309 e. The second kappa shape index (κ2) is 8.73. The molecule has 0 saturated heterocycles. The third-order valence-corrected chi connectivity index (χ3v) is 7.95. The van der Waals surface area contributed by atoms with Crippen molar-refractivity contribution in [3.8, 4) is 22.5 Å². The Bertz CT molecular complexity index is 2220. The van der Waals surface area contributed by atoms with Crippen LogP contribution in [0.2, 0.25) is 0 Å². The van der Waals surface area contributed by atoms with Crippen LogP contribution < -0.4 is 0 Å². The highest BCUT2D eigenvalue weighted by molar-refractivity contribution is 6.12. The second-order valence-electron chi connectivity index (χ2n) is 10.1. The van der Waals surface area contributed by atoms with Gasteiger partial charge in [0.25, 0.3) is 0 Å². The molecule has 3 nitrogen and oxygen atoms in total. The number of aromatic nitrogens is 2. The number of rotatable bonds is 3. The summed E-state index contributed by atoms with van der Waals surface area (Å²) in [6.07, 6.45) is 0. The summed E-state index contributed by atoms with van der Waals surface area (Å²) in [6.45, 7) is 7.35. The normalized spacial score (nSPS) is 11.5. The Morgan fingerprint density at radius 1 is 0.450 bits per heavy atom. The molecule has 186 valence electrons. The molecule has 0 fully saturated rings. The van der Waals surface area contributed by atoms with Crippen LogP contribution >= 0.6 is 0 Å². The Labute approximate surface area is 231 Å². The monoisotopic (exact) mass is 509 g/mol. The maximum atomic E-state index is 7.35. The maximum absolute atomic E-state index is 7.35. The first-order valence-electron chi connectivity index (χ1n) is 13.4. The van der Waals surface area contributed by atoms with Crippen molar-refractivity contribution in [1.29, 1.82) is 0 Å². The number of hydrogen-bond donors (Lipinski definition) is 0. The standard InChI is InChI=1S/C37H23N3/c1-38-26-20-18-25(19-21-26)28-10-2-6-14-33(28)40-36-17-9-5-13-31(36)32-23-22-27(24-37(32)40)39-34-15-7-3-11-29(34)30-12-4-8-16-35(30)39/h2-24H. The minimum absolute atomic E-state index is 0.647. The fourth-order valence-electron chi connectivity index (χ4n) is 6.19. The number of nitrogens with zero attached hydrogens (tertiary/aromatic N) is 3. The van der Waals surface area contributed by atoms with Crippen molar-refractivity contribution < 1.29 is 0 Å². The van der Waals surface area contributed by atoms with Gasteiger partial charge in [-0.1, -0.05) is 103 Å². The molecule has 0 saturated carbocycles. The Hall–Kier alpha value is -5.59. The predicted molar refractivity (Wildman–Crippen MR) is 167 cm³/mol. The van der Waals surface area contributed by atoms with E-state index in [1.54, 1.807) is 0 Å². The lowest BCUT2D eigenvalue weighted by Gasteiger charge is -2.15. The quantitative estimate of drug-likeness (QED) is 0.210. The minimum atomic E-state index is 0.647. The van der Waals surface area contributed by atoms with Crippen molar-refractivity contribution in [1.82, 2.24) is 9.13 Å². The molecule has 0 N–H and O–H groups in total. The van der Waals surface area contributed by atoms with Gasteiger partial charge in [-0.05, 0) is 42.0 Å². The average Bonchev–Trinajstić information content (AvgIpc) is 3.53. The Morgan fingerprint density at radius 3 is 1.60 bits per heavy atom. The van der Waals surface area contributed by atoms with Gasteiger partial charge in [-0.15, -0.1) is 0 Å². The van der Waals surface area contributed by atoms with E-state index in [0.29, 0.717) is 5.69 Å². The maximum Gasteiger partial charge on any atom is 0.187 e. The van der Waals surface area contributed by atoms with Gasteiger partial charge in [0.05, 0.1) is 34.3 Å². The lowest BCUT2D eigenvalue weighted by molar-refractivity contribution is 1.16. The molecule has 0 radical (unpaired) electrons. The molecular formula is C37H23N3. The zero-order valence-corrected chi connectivity index (χ0v) is 21.6. The summed E-state index contributed by atoms with van der Waals surface area (Å²) in [5, 5.41) is 4.96.